The maximum atomic E-state index is 11.3. The summed E-state index contributed by atoms with van der Waals surface area (Å²) in [6.07, 6.45) is 2.06. The first kappa shape index (κ1) is 12.9. The topological polar surface area (TPSA) is 87.0 Å². The van der Waals surface area contributed by atoms with Crippen LogP contribution in [0, 0.1) is 0 Å². The van der Waals surface area contributed by atoms with Gasteiger partial charge in [0.15, 0.2) is 0 Å². The molecule has 104 valence electrons. The van der Waals surface area contributed by atoms with Crippen molar-refractivity contribution in [1.82, 2.24) is 20.2 Å². The summed E-state index contributed by atoms with van der Waals surface area (Å²) in [5, 5.41) is 2.69. The van der Waals surface area contributed by atoms with E-state index in [4.69, 9.17) is 5.73 Å². The van der Waals surface area contributed by atoms with Crippen LogP contribution in [0.2, 0.25) is 0 Å². The molecular weight excluding hydrogens is 274 g/mol. The first-order valence-corrected chi connectivity index (χ1v) is 6.81. The molecule has 3 rings (SSSR count). The van der Waals surface area contributed by atoms with Crippen molar-refractivity contribution in [2.24, 2.45) is 5.73 Å². The van der Waals surface area contributed by atoms with Gasteiger partial charge in [0.1, 0.15) is 17.1 Å². The molecule has 1 aromatic carbocycles. The van der Waals surface area contributed by atoms with E-state index in [9.17, 15) is 4.79 Å². The zero-order valence-electron chi connectivity index (χ0n) is 10.7. The molecule has 6 nitrogen and oxygen atoms in total. The average molecular weight is 289 g/mol. The Morgan fingerprint density at radius 3 is 2.95 bits per heavy atom. The van der Waals surface area contributed by atoms with Gasteiger partial charge in [0.05, 0.1) is 11.0 Å². The van der Waals surface area contributed by atoms with E-state index in [-0.39, 0.29) is 5.91 Å². The lowest BCUT2D eigenvalue weighted by Crippen LogP contribution is -2.50. The molecular formula is C13H15N5OS. The third-order valence-corrected chi connectivity index (χ3v) is 3.61. The van der Waals surface area contributed by atoms with Gasteiger partial charge in [-0.1, -0.05) is 12.1 Å². The van der Waals surface area contributed by atoms with Gasteiger partial charge < -0.3 is 20.9 Å². The molecule has 0 fully saturated rings. The van der Waals surface area contributed by atoms with Crippen LogP contribution in [0.1, 0.15) is 5.82 Å². The highest BCUT2D eigenvalue weighted by Gasteiger charge is 2.22. The number of aromatic nitrogens is 2. The van der Waals surface area contributed by atoms with Crippen molar-refractivity contribution >= 4 is 29.6 Å². The minimum absolute atomic E-state index is 0.220. The number of H-pyrrole nitrogens is 1. The number of thiol groups is 1. The van der Waals surface area contributed by atoms with Crippen molar-refractivity contribution in [2.75, 3.05) is 6.54 Å². The van der Waals surface area contributed by atoms with Gasteiger partial charge in [-0.3, -0.25) is 4.79 Å². The van der Waals surface area contributed by atoms with E-state index in [1.54, 1.807) is 0 Å². The molecule has 20 heavy (non-hydrogen) atoms. The van der Waals surface area contributed by atoms with E-state index in [0.717, 1.165) is 16.9 Å². The Hall–Kier alpha value is -2.15. The largest absolute Gasteiger partial charge is 0.385 e. The van der Waals surface area contributed by atoms with Crippen LogP contribution in [0.3, 0.4) is 0 Å². The van der Waals surface area contributed by atoms with Gasteiger partial charge in [-0.15, -0.1) is 12.6 Å². The van der Waals surface area contributed by atoms with Crippen LogP contribution in [0.5, 0.6) is 0 Å². The highest BCUT2D eigenvalue weighted by molar-refractivity contribution is 7.80. The van der Waals surface area contributed by atoms with E-state index in [2.05, 4.69) is 27.9 Å². The van der Waals surface area contributed by atoms with Crippen molar-refractivity contribution in [3.05, 3.63) is 42.0 Å². The number of benzene rings is 1. The van der Waals surface area contributed by atoms with Crippen LogP contribution < -0.4 is 11.1 Å². The van der Waals surface area contributed by atoms with Crippen LogP contribution in [0.15, 0.2) is 36.2 Å². The number of nitrogens with two attached hydrogens (primary N) is 1. The summed E-state index contributed by atoms with van der Waals surface area (Å²) in [6.45, 7) is 0.622. The Morgan fingerprint density at radius 1 is 1.40 bits per heavy atom. The standard InChI is InChI=1S/C13H15N5OS/c14-10-7-12(19)17-13(20)18(10)6-5-11-15-8-3-1-2-4-9(8)16-11/h1-4,7,13,20H,5-6,14H2,(H,15,16)(H,17,19). The van der Waals surface area contributed by atoms with E-state index >= 15 is 0 Å². The predicted molar refractivity (Wildman–Crippen MR) is 79.7 cm³/mol. The summed E-state index contributed by atoms with van der Waals surface area (Å²) in [5.41, 5.74) is 7.40. The second-order valence-electron chi connectivity index (χ2n) is 4.60. The molecule has 1 aromatic heterocycles. The molecule has 0 saturated heterocycles. The highest BCUT2D eigenvalue weighted by atomic mass is 32.1. The monoisotopic (exact) mass is 289 g/mol. The number of nitrogens with zero attached hydrogens (tertiary/aromatic N) is 2. The van der Waals surface area contributed by atoms with Crippen LogP contribution >= 0.6 is 12.6 Å². The number of carbonyl (C=O) groups is 1. The number of carbonyl (C=O) groups excluding carboxylic acids is 1. The summed E-state index contributed by atoms with van der Waals surface area (Å²) >= 11 is 4.31. The Balaban J connectivity index is 1.72. The summed E-state index contributed by atoms with van der Waals surface area (Å²) in [5.74, 6) is 1.09. The summed E-state index contributed by atoms with van der Waals surface area (Å²) in [7, 11) is 0. The lowest BCUT2D eigenvalue weighted by molar-refractivity contribution is -0.118. The Bertz CT molecular complexity index is 647. The lowest BCUT2D eigenvalue weighted by Gasteiger charge is -2.33. The average Bonchev–Trinajstić information content (AvgIpc) is 2.80. The fourth-order valence-electron chi connectivity index (χ4n) is 2.21. The van der Waals surface area contributed by atoms with E-state index < -0.39 is 5.50 Å². The predicted octanol–water partition coefficient (Wildman–Crippen LogP) is 0.551. The summed E-state index contributed by atoms with van der Waals surface area (Å²) < 4.78 is 0. The number of aromatic amines is 1. The highest BCUT2D eigenvalue weighted by Crippen LogP contribution is 2.14. The Morgan fingerprint density at radius 2 is 2.20 bits per heavy atom. The quantitative estimate of drug-likeness (QED) is 0.622. The maximum absolute atomic E-state index is 11.3. The van der Waals surface area contributed by atoms with Crippen molar-refractivity contribution in [1.29, 1.82) is 0 Å². The Labute approximate surface area is 121 Å². The van der Waals surface area contributed by atoms with E-state index in [1.165, 1.54) is 6.08 Å². The van der Waals surface area contributed by atoms with Crippen molar-refractivity contribution in [3.63, 3.8) is 0 Å². The number of fused-ring (bicyclic) bond motifs is 1. The number of para-hydroxylation sites is 2. The normalized spacial score (nSPS) is 19.1. The summed E-state index contributed by atoms with van der Waals surface area (Å²) in [4.78, 5) is 20.8. The third-order valence-electron chi connectivity index (χ3n) is 3.21. The molecule has 7 heteroatoms. The van der Waals surface area contributed by atoms with Gasteiger partial charge in [0, 0.05) is 19.0 Å². The molecule has 4 N–H and O–H groups in total. The number of hydrogen-bond donors (Lipinski definition) is 4. The molecule has 0 radical (unpaired) electrons. The molecule has 0 aliphatic carbocycles. The van der Waals surface area contributed by atoms with E-state index in [1.807, 2.05) is 29.2 Å². The second-order valence-corrected chi connectivity index (χ2v) is 5.08. The SMILES string of the molecule is NC1=CC(=O)NC(S)N1CCc1nc2ccccc2[nH]1. The first-order chi connectivity index (χ1) is 9.63. The molecule has 2 aromatic rings. The molecule has 0 spiro atoms. The smallest absolute Gasteiger partial charge is 0.249 e. The van der Waals surface area contributed by atoms with Crippen LogP contribution in [0.4, 0.5) is 0 Å². The zero-order valence-corrected chi connectivity index (χ0v) is 11.6. The first-order valence-electron chi connectivity index (χ1n) is 6.29. The van der Waals surface area contributed by atoms with Gasteiger partial charge in [0.25, 0.3) is 0 Å². The van der Waals surface area contributed by atoms with E-state index in [0.29, 0.717) is 18.8 Å². The van der Waals surface area contributed by atoms with Gasteiger partial charge in [-0.2, -0.15) is 0 Å². The van der Waals surface area contributed by atoms with Gasteiger partial charge in [0.2, 0.25) is 5.91 Å². The van der Waals surface area contributed by atoms with Gasteiger partial charge in [-0.05, 0) is 12.1 Å². The summed E-state index contributed by atoms with van der Waals surface area (Å²) in [6, 6.07) is 7.88. The molecule has 1 atom stereocenters. The fourth-order valence-corrected chi connectivity index (χ4v) is 2.58. The minimum atomic E-state index is -0.406. The third kappa shape index (κ3) is 2.44. The van der Waals surface area contributed by atoms with Crippen LogP contribution in [-0.4, -0.2) is 32.8 Å². The molecule has 0 bridgehead atoms. The minimum Gasteiger partial charge on any atom is -0.385 e. The maximum Gasteiger partial charge on any atom is 0.249 e. The number of hydrogen-bond acceptors (Lipinski definition) is 5. The second kappa shape index (κ2) is 5.09. The number of nitrogens with one attached hydrogen (secondary N) is 2. The number of amides is 1. The van der Waals surface area contributed by atoms with Crippen molar-refractivity contribution in [2.45, 2.75) is 11.9 Å². The number of rotatable bonds is 3. The van der Waals surface area contributed by atoms with Gasteiger partial charge in [-0.25, -0.2) is 4.98 Å². The lowest BCUT2D eigenvalue weighted by atomic mass is 10.3. The van der Waals surface area contributed by atoms with Crippen molar-refractivity contribution < 1.29 is 4.79 Å². The molecule has 2 heterocycles. The van der Waals surface area contributed by atoms with Crippen LogP contribution in [-0.2, 0) is 11.2 Å². The fraction of sp³-hybridized carbons (Fsp3) is 0.231. The van der Waals surface area contributed by atoms with Gasteiger partial charge >= 0.3 is 0 Å². The number of imidazole rings is 1. The molecule has 1 aliphatic rings. The Kier molecular flexibility index (Phi) is 3.27. The molecule has 0 saturated carbocycles. The molecule has 1 aliphatic heterocycles. The molecule has 1 unspecified atom stereocenters. The molecule has 1 amide bonds. The van der Waals surface area contributed by atoms with Crippen LogP contribution in [0.25, 0.3) is 11.0 Å². The zero-order chi connectivity index (χ0) is 14.1. The van der Waals surface area contributed by atoms with Crippen molar-refractivity contribution in [3.8, 4) is 0 Å².